The summed E-state index contributed by atoms with van der Waals surface area (Å²) in [5.74, 6) is 2.52. The van der Waals surface area contributed by atoms with Gasteiger partial charge in [0.15, 0.2) is 11.6 Å². The van der Waals surface area contributed by atoms with E-state index in [9.17, 15) is 4.79 Å². The van der Waals surface area contributed by atoms with E-state index in [2.05, 4.69) is 22.3 Å². The number of para-hydroxylation sites is 1. The highest BCUT2D eigenvalue weighted by Gasteiger charge is 2.18. The van der Waals surface area contributed by atoms with Crippen LogP contribution in [0.2, 0.25) is 0 Å². The molecule has 0 spiro atoms. The maximum Gasteiger partial charge on any atom is 0.226 e. The highest BCUT2D eigenvalue weighted by Crippen LogP contribution is 2.29. The van der Waals surface area contributed by atoms with Crippen molar-refractivity contribution in [1.82, 2.24) is 9.97 Å². The zero-order chi connectivity index (χ0) is 24.7. The summed E-state index contributed by atoms with van der Waals surface area (Å²) in [6.45, 7) is 1.06. The molecule has 3 aromatic carbocycles. The zero-order valence-corrected chi connectivity index (χ0v) is 19.9. The lowest BCUT2D eigenvalue weighted by atomic mass is 10.1. The smallest absolute Gasteiger partial charge is 0.226 e. The number of hydrogen-bond donors (Lipinski definition) is 1. The van der Waals surface area contributed by atoms with Gasteiger partial charge in [-0.2, -0.15) is 0 Å². The second-order valence-corrected chi connectivity index (χ2v) is 8.30. The molecule has 2 heterocycles. The van der Waals surface area contributed by atoms with E-state index in [1.165, 1.54) is 0 Å². The van der Waals surface area contributed by atoms with Crippen LogP contribution < -0.4 is 15.0 Å². The van der Waals surface area contributed by atoms with Crippen molar-refractivity contribution in [2.75, 3.05) is 23.9 Å². The van der Waals surface area contributed by atoms with Gasteiger partial charge < -0.3 is 19.4 Å². The zero-order valence-electron chi connectivity index (χ0n) is 19.9. The molecule has 1 amide bonds. The third kappa shape index (κ3) is 5.36. The van der Waals surface area contributed by atoms with E-state index in [1.807, 2.05) is 78.9 Å². The first-order valence-corrected chi connectivity index (χ1v) is 11.7. The second kappa shape index (κ2) is 10.7. The maximum atomic E-state index is 12.9. The summed E-state index contributed by atoms with van der Waals surface area (Å²) in [7, 11) is 1.61. The number of hydrogen-bond acceptors (Lipinski definition) is 6. The Bertz CT molecular complexity index is 1440. The minimum atomic E-state index is -0.0807. The molecule has 0 fully saturated rings. The summed E-state index contributed by atoms with van der Waals surface area (Å²) in [4.78, 5) is 24.6. The number of furan rings is 1. The Kier molecular flexibility index (Phi) is 6.89. The first-order valence-electron chi connectivity index (χ1n) is 11.7. The summed E-state index contributed by atoms with van der Waals surface area (Å²) < 4.78 is 10.8. The minimum Gasteiger partial charge on any atom is -0.497 e. The Morgan fingerprint density at radius 2 is 1.69 bits per heavy atom. The van der Waals surface area contributed by atoms with Crippen LogP contribution in [0.1, 0.15) is 12.0 Å². The number of nitrogens with one attached hydrogen (secondary N) is 1. The molecule has 0 saturated heterocycles. The second-order valence-electron chi connectivity index (χ2n) is 8.30. The molecule has 5 aromatic rings. The molecule has 1 N–H and O–H groups in total. The van der Waals surface area contributed by atoms with Crippen molar-refractivity contribution in [3.63, 3.8) is 0 Å². The van der Waals surface area contributed by atoms with Crippen LogP contribution in [0.15, 0.2) is 102 Å². The van der Waals surface area contributed by atoms with Gasteiger partial charge in [-0.15, -0.1) is 0 Å². The summed E-state index contributed by atoms with van der Waals surface area (Å²) in [6.07, 6.45) is 1.89. The van der Waals surface area contributed by atoms with E-state index in [-0.39, 0.29) is 12.3 Å². The lowest BCUT2D eigenvalue weighted by molar-refractivity contribution is -0.116. The number of amides is 1. The fraction of sp³-hybridized carbons (Fsp3) is 0.138. The monoisotopic (exact) mass is 478 g/mol. The highest BCUT2D eigenvalue weighted by molar-refractivity contribution is 5.93. The molecule has 180 valence electrons. The number of benzene rings is 3. The maximum absolute atomic E-state index is 12.9. The molecule has 0 bridgehead atoms. The fourth-order valence-electron chi connectivity index (χ4n) is 4.01. The fourth-order valence-corrected chi connectivity index (χ4v) is 4.01. The Labute approximate surface area is 209 Å². The van der Waals surface area contributed by atoms with E-state index < -0.39 is 0 Å². The van der Waals surface area contributed by atoms with Crippen molar-refractivity contribution in [2.24, 2.45) is 0 Å². The topological polar surface area (TPSA) is 80.5 Å². The van der Waals surface area contributed by atoms with Gasteiger partial charge in [0.25, 0.3) is 0 Å². The van der Waals surface area contributed by atoms with Gasteiger partial charge in [0.05, 0.1) is 18.9 Å². The van der Waals surface area contributed by atoms with E-state index >= 15 is 0 Å². The van der Waals surface area contributed by atoms with Crippen molar-refractivity contribution in [3.05, 3.63) is 103 Å². The molecule has 0 saturated carbocycles. The van der Waals surface area contributed by atoms with Gasteiger partial charge in [0, 0.05) is 30.6 Å². The van der Waals surface area contributed by atoms with Crippen LogP contribution >= 0.6 is 0 Å². The van der Waals surface area contributed by atoms with E-state index in [0.29, 0.717) is 24.7 Å². The van der Waals surface area contributed by atoms with Crippen LogP contribution in [0.3, 0.4) is 0 Å². The van der Waals surface area contributed by atoms with Crippen molar-refractivity contribution in [3.8, 4) is 17.3 Å². The molecule has 2 aromatic heterocycles. The lowest BCUT2D eigenvalue weighted by Crippen LogP contribution is -2.28. The first kappa shape index (κ1) is 23.1. The molecular formula is C29H26N4O3. The van der Waals surface area contributed by atoms with E-state index in [1.54, 1.807) is 13.4 Å². The standard InChI is InChI=1S/C29H26N4O3/c1-35-23-15-13-22(14-16-23)30-27(34)17-18-33(20-21-8-3-2-4-9-21)29-24-10-5-6-11-25(24)31-28(32-29)26-12-7-19-36-26/h2-16,19H,17-18,20H2,1H3,(H,30,34). The predicted octanol–water partition coefficient (Wildman–Crippen LogP) is 5.93. The van der Waals surface area contributed by atoms with Crippen LogP contribution in [-0.2, 0) is 11.3 Å². The van der Waals surface area contributed by atoms with Crippen molar-refractivity contribution < 1.29 is 13.9 Å². The summed E-state index contributed by atoms with van der Waals surface area (Å²) in [6, 6.07) is 29.0. The van der Waals surface area contributed by atoms with Gasteiger partial charge in [0.2, 0.25) is 5.91 Å². The van der Waals surface area contributed by atoms with Crippen molar-refractivity contribution in [1.29, 1.82) is 0 Å². The third-order valence-electron chi connectivity index (χ3n) is 5.82. The average molecular weight is 479 g/mol. The largest absolute Gasteiger partial charge is 0.497 e. The highest BCUT2D eigenvalue weighted by atomic mass is 16.5. The van der Waals surface area contributed by atoms with Crippen LogP contribution in [0.4, 0.5) is 11.5 Å². The van der Waals surface area contributed by atoms with Gasteiger partial charge >= 0.3 is 0 Å². The molecular weight excluding hydrogens is 452 g/mol. The van der Waals surface area contributed by atoms with Crippen LogP contribution in [0, 0.1) is 0 Å². The summed E-state index contributed by atoms with van der Waals surface area (Å²) >= 11 is 0. The molecule has 0 aliphatic carbocycles. The molecule has 0 unspecified atom stereocenters. The number of carbonyl (C=O) groups is 1. The molecule has 0 radical (unpaired) electrons. The Balaban J connectivity index is 1.44. The van der Waals surface area contributed by atoms with E-state index in [0.717, 1.165) is 33.7 Å². The van der Waals surface area contributed by atoms with E-state index in [4.69, 9.17) is 19.1 Å². The third-order valence-corrected chi connectivity index (χ3v) is 5.82. The Hall–Kier alpha value is -4.65. The van der Waals surface area contributed by atoms with Crippen molar-refractivity contribution >= 4 is 28.3 Å². The quantitative estimate of drug-likeness (QED) is 0.283. The number of anilines is 2. The Morgan fingerprint density at radius 3 is 2.44 bits per heavy atom. The lowest BCUT2D eigenvalue weighted by Gasteiger charge is -2.25. The number of ether oxygens (including phenoxy) is 1. The summed E-state index contributed by atoms with van der Waals surface area (Å²) in [5, 5.41) is 3.88. The SMILES string of the molecule is COc1ccc(NC(=O)CCN(Cc2ccccc2)c2nc(-c3ccco3)nc3ccccc23)cc1. The molecule has 0 aliphatic rings. The molecule has 36 heavy (non-hydrogen) atoms. The average Bonchev–Trinajstić information content (AvgIpc) is 3.47. The predicted molar refractivity (Wildman–Crippen MR) is 141 cm³/mol. The van der Waals surface area contributed by atoms with Gasteiger partial charge in [-0.05, 0) is 54.1 Å². The number of nitrogens with zero attached hydrogens (tertiary/aromatic N) is 3. The number of carbonyl (C=O) groups excluding carboxylic acids is 1. The molecule has 5 rings (SSSR count). The molecule has 0 aliphatic heterocycles. The van der Waals surface area contributed by atoms with Gasteiger partial charge in [0.1, 0.15) is 11.6 Å². The number of fused-ring (bicyclic) bond motifs is 1. The van der Waals surface area contributed by atoms with Gasteiger partial charge in [-0.25, -0.2) is 9.97 Å². The van der Waals surface area contributed by atoms with Gasteiger partial charge in [-0.1, -0.05) is 42.5 Å². The van der Waals surface area contributed by atoms with Crippen LogP contribution in [0.25, 0.3) is 22.5 Å². The van der Waals surface area contributed by atoms with Crippen molar-refractivity contribution in [2.45, 2.75) is 13.0 Å². The number of aromatic nitrogens is 2. The first-order chi connectivity index (χ1) is 17.7. The summed E-state index contributed by atoms with van der Waals surface area (Å²) in [5.41, 5.74) is 2.66. The van der Waals surface area contributed by atoms with Gasteiger partial charge in [-0.3, -0.25) is 4.79 Å². The normalized spacial score (nSPS) is 10.8. The van der Waals surface area contributed by atoms with Crippen LogP contribution in [-0.4, -0.2) is 29.5 Å². The minimum absolute atomic E-state index is 0.0807. The number of methoxy groups -OCH3 is 1. The molecule has 7 heteroatoms. The molecule has 0 atom stereocenters. The van der Waals surface area contributed by atoms with Crippen LogP contribution in [0.5, 0.6) is 5.75 Å². The number of rotatable bonds is 9. The molecule has 7 nitrogen and oxygen atoms in total. The Morgan fingerprint density at radius 1 is 0.917 bits per heavy atom.